The Bertz CT molecular complexity index is 852. The zero-order valence-electron chi connectivity index (χ0n) is 12.1. The van der Waals surface area contributed by atoms with Gasteiger partial charge in [-0.05, 0) is 36.8 Å². The molecule has 1 heterocycles. The SMILES string of the molecule is COc1cc2ncnc(Nc3ccc(Cl)cc3C)c2cc1O. The summed E-state index contributed by atoms with van der Waals surface area (Å²) >= 11 is 5.97. The number of phenolic OH excluding ortho intramolecular Hbond substituents is 1. The van der Waals surface area contributed by atoms with Crippen molar-refractivity contribution in [1.82, 2.24) is 9.97 Å². The van der Waals surface area contributed by atoms with E-state index >= 15 is 0 Å². The highest BCUT2D eigenvalue weighted by Crippen LogP contribution is 2.34. The molecule has 0 bridgehead atoms. The van der Waals surface area contributed by atoms with Crippen LogP contribution in [0.1, 0.15) is 5.56 Å². The molecule has 3 aromatic rings. The topological polar surface area (TPSA) is 67.3 Å². The van der Waals surface area contributed by atoms with E-state index < -0.39 is 0 Å². The second kappa shape index (κ2) is 5.69. The molecule has 2 N–H and O–H groups in total. The van der Waals surface area contributed by atoms with Crippen LogP contribution in [0.2, 0.25) is 5.02 Å². The van der Waals surface area contributed by atoms with E-state index in [0.29, 0.717) is 27.5 Å². The van der Waals surface area contributed by atoms with Crippen molar-refractivity contribution in [2.45, 2.75) is 6.92 Å². The van der Waals surface area contributed by atoms with Gasteiger partial charge in [-0.15, -0.1) is 0 Å². The maximum Gasteiger partial charge on any atom is 0.162 e. The largest absolute Gasteiger partial charge is 0.504 e. The molecule has 2 aromatic carbocycles. The summed E-state index contributed by atoms with van der Waals surface area (Å²) in [5.74, 6) is 1.02. The van der Waals surface area contributed by atoms with Gasteiger partial charge in [0, 0.05) is 22.2 Å². The maximum absolute atomic E-state index is 9.96. The number of methoxy groups -OCH3 is 1. The number of halogens is 1. The Morgan fingerprint density at radius 2 is 2.00 bits per heavy atom. The van der Waals surface area contributed by atoms with E-state index in [1.165, 1.54) is 13.4 Å². The number of aryl methyl sites for hydroxylation is 1. The monoisotopic (exact) mass is 315 g/mol. The van der Waals surface area contributed by atoms with Crippen LogP contribution >= 0.6 is 11.6 Å². The molecule has 0 radical (unpaired) electrons. The number of hydrogen-bond donors (Lipinski definition) is 2. The number of rotatable bonds is 3. The van der Waals surface area contributed by atoms with Crippen molar-refractivity contribution >= 4 is 34.0 Å². The van der Waals surface area contributed by atoms with Crippen LogP contribution in [0, 0.1) is 6.92 Å². The van der Waals surface area contributed by atoms with E-state index in [-0.39, 0.29) is 5.75 Å². The van der Waals surface area contributed by atoms with Crippen molar-refractivity contribution in [3.05, 3.63) is 47.2 Å². The second-order valence-corrected chi connectivity index (χ2v) is 5.28. The number of benzene rings is 2. The number of ether oxygens (including phenoxy) is 1. The van der Waals surface area contributed by atoms with Gasteiger partial charge in [0.05, 0.1) is 12.6 Å². The van der Waals surface area contributed by atoms with E-state index in [2.05, 4.69) is 15.3 Å². The molecule has 0 spiro atoms. The Kier molecular flexibility index (Phi) is 3.73. The van der Waals surface area contributed by atoms with Gasteiger partial charge < -0.3 is 15.2 Å². The molecule has 0 atom stereocenters. The quantitative estimate of drug-likeness (QED) is 0.763. The van der Waals surface area contributed by atoms with Crippen LogP contribution in [-0.4, -0.2) is 22.2 Å². The lowest BCUT2D eigenvalue weighted by Gasteiger charge is -2.12. The first-order valence-electron chi connectivity index (χ1n) is 6.63. The van der Waals surface area contributed by atoms with Crippen molar-refractivity contribution in [2.75, 3.05) is 12.4 Å². The molecule has 112 valence electrons. The highest BCUT2D eigenvalue weighted by atomic mass is 35.5. The fraction of sp³-hybridized carbons (Fsp3) is 0.125. The van der Waals surface area contributed by atoms with E-state index in [9.17, 15) is 5.11 Å². The molecule has 0 aliphatic rings. The number of hydrogen-bond acceptors (Lipinski definition) is 5. The molecule has 5 nitrogen and oxygen atoms in total. The van der Waals surface area contributed by atoms with Gasteiger partial charge in [-0.3, -0.25) is 0 Å². The van der Waals surface area contributed by atoms with E-state index in [4.69, 9.17) is 16.3 Å². The summed E-state index contributed by atoms with van der Waals surface area (Å²) in [4.78, 5) is 8.46. The summed E-state index contributed by atoms with van der Waals surface area (Å²) < 4.78 is 5.10. The van der Waals surface area contributed by atoms with Gasteiger partial charge in [0.15, 0.2) is 11.5 Å². The third-order valence-electron chi connectivity index (χ3n) is 3.38. The average Bonchev–Trinajstić information content (AvgIpc) is 2.50. The van der Waals surface area contributed by atoms with Gasteiger partial charge in [-0.25, -0.2) is 9.97 Å². The zero-order chi connectivity index (χ0) is 15.7. The number of anilines is 2. The molecule has 3 rings (SSSR count). The van der Waals surface area contributed by atoms with Gasteiger partial charge in [0.1, 0.15) is 12.1 Å². The van der Waals surface area contributed by atoms with E-state index in [1.807, 2.05) is 19.1 Å². The second-order valence-electron chi connectivity index (χ2n) is 4.85. The predicted molar refractivity (Wildman–Crippen MR) is 87.2 cm³/mol. The fourth-order valence-corrected chi connectivity index (χ4v) is 2.46. The number of phenols is 1. The lowest BCUT2D eigenvalue weighted by Crippen LogP contribution is -1.98. The average molecular weight is 316 g/mol. The highest BCUT2D eigenvalue weighted by molar-refractivity contribution is 6.30. The smallest absolute Gasteiger partial charge is 0.162 e. The van der Waals surface area contributed by atoms with Crippen LogP contribution in [-0.2, 0) is 0 Å². The predicted octanol–water partition coefficient (Wildman–Crippen LogP) is 4.05. The minimum absolute atomic E-state index is 0.0423. The standard InChI is InChI=1S/C16H14ClN3O2/c1-9-5-10(17)3-4-12(9)20-16-11-6-14(21)15(22-2)7-13(11)18-8-19-16/h3-8,21H,1-2H3,(H,18,19,20). The number of nitrogens with zero attached hydrogens (tertiary/aromatic N) is 2. The Labute approximate surface area is 132 Å². The molecule has 0 fully saturated rings. The van der Waals surface area contributed by atoms with Crippen LogP contribution < -0.4 is 10.1 Å². The van der Waals surface area contributed by atoms with Crippen LogP contribution in [0.25, 0.3) is 10.9 Å². The Morgan fingerprint density at radius 1 is 1.18 bits per heavy atom. The number of nitrogens with one attached hydrogen (secondary N) is 1. The van der Waals surface area contributed by atoms with Gasteiger partial charge in [-0.1, -0.05) is 11.6 Å². The Morgan fingerprint density at radius 3 is 2.73 bits per heavy atom. The number of fused-ring (bicyclic) bond motifs is 1. The lowest BCUT2D eigenvalue weighted by molar-refractivity contribution is 0.374. The van der Waals surface area contributed by atoms with Crippen molar-refractivity contribution in [3.8, 4) is 11.5 Å². The number of aromatic nitrogens is 2. The summed E-state index contributed by atoms with van der Waals surface area (Å²) in [6, 6.07) is 8.82. The molecule has 0 aliphatic heterocycles. The summed E-state index contributed by atoms with van der Waals surface area (Å²) in [7, 11) is 1.50. The lowest BCUT2D eigenvalue weighted by atomic mass is 10.1. The fourth-order valence-electron chi connectivity index (χ4n) is 2.23. The number of aromatic hydroxyl groups is 1. The van der Waals surface area contributed by atoms with E-state index in [1.54, 1.807) is 18.2 Å². The first kappa shape index (κ1) is 14.4. The minimum Gasteiger partial charge on any atom is -0.504 e. The molecule has 6 heteroatoms. The Hall–Kier alpha value is -2.53. The molecular weight excluding hydrogens is 302 g/mol. The third kappa shape index (κ3) is 2.63. The molecule has 0 saturated carbocycles. The first-order valence-corrected chi connectivity index (χ1v) is 7.01. The van der Waals surface area contributed by atoms with Crippen LogP contribution in [0.3, 0.4) is 0 Å². The minimum atomic E-state index is 0.0423. The molecular formula is C16H14ClN3O2. The van der Waals surface area contributed by atoms with Gasteiger partial charge in [0.25, 0.3) is 0 Å². The van der Waals surface area contributed by atoms with Crippen molar-refractivity contribution in [3.63, 3.8) is 0 Å². The molecule has 1 aromatic heterocycles. The van der Waals surface area contributed by atoms with Crippen LogP contribution in [0.15, 0.2) is 36.7 Å². The summed E-state index contributed by atoms with van der Waals surface area (Å²) in [5, 5.41) is 14.6. The first-order chi connectivity index (χ1) is 10.6. The van der Waals surface area contributed by atoms with Crippen molar-refractivity contribution < 1.29 is 9.84 Å². The molecule has 0 amide bonds. The van der Waals surface area contributed by atoms with Crippen molar-refractivity contribution in [2.24, 2.45) is 0 Å². The van der Waals surface area contributed by atoms with Gasteiger partial charge >= 0.3 is 0 Å². The summed E-state index contributed by atoms with van der Waals surface area (Å²) in [6.07, 6.45) is 1.46. The summed E-state index contributed by atoms with van der Waals surface area (Å²) in [5.41, 5.74) is 2.57. The molecule has 0 unspecified atom stereocenters. The highest BCUT2D eigenvalue weighted by Gasteiger charge is 2.10. The normalized spacial score (nSPS) is 10.7. The van der Waals surface area contributed by atoms with Gasteiger partial charge in [-0.2, -0.15) is 0 Å². The summed E-state index contributed by atoms with van der Waals surface area (Å²) in [6.45, 7) is 1.96. The molecule has 0 saturated heterocycles. The third-order valence-corrected chi connectivity index (χ3v) is 3.61. The van der Waals surface area contributed by atoms with E-state index in [0.717, 1.165) is 11.3 Å². The Balaban J connectivity index is 2.09. The zero-order valence-corrected chi connectivity index (χ0v) is 12.8. The maximum atomic E-state index is 9.96. The molecule has 0 aliphatic carbocycles. The van der Waals surface area contributed by atoms with Crippen molar-refractivity contribution in [1.29, 1.82) is 0 Å². The van der Waals surface area contributed by atoms with Crippen LogP contribution in [0.5, 0.6) is 11.5 Å². The molecule has 22 heavy (non-hydrogen) atoms. The van der Waals surface area contributed by atoms with Gasteiger partial charge in [0.2, 0.25) is 0 Å². The van der Waals surface area contributed by atoms with Crippen LogP contribution in [0.4, 0.5) is 11.5 Å².